The van der Waals surface area contributed by atoms with Crippen LogP contribution in [0.15, 0.2) is 35.5 Å². The van der Waals surface area contributed by atoms with E-state index in [4.69, 9.17) is 34.5 Å². The van der Waals surface area contributed by atoms with Crippen molar-refractivity contribution in [3.63, 3.8) is 0 Å². The molecular formula is C21H23ClFN7S. The molecule has 10 heteroatoms. The number of piperidine rings is 1. The summed E-state index contributed by atoms with van der Waals surface area (Å²) < 4.78 is 15.2. The molecule has 1 aliphatic rings. The molecule has 7 nitrogen and oxygen atoms in total. The van der Waals surface area contributed by atoms with Crippen LogP contribution in [0.1, 0.15) is 25.3 Å². The van der Waals surface area contributed by atoms with Gasteiger partial charge in [0.15, 0.2) is 10.8 Å². The van der Waals surface area contributed by atoms with Crippen molar-refractivity contribution in [2.24, 2.45) is 10.7 Å². The van der Waals surface area contributed by atoms with Gasteiger partial charge in [-0.1, -0.05) is 11.6 Å². The zero-order chi connectivity index (χ0) is 22.1. The molecule has 0 unspecified atom stereocenters. The van der Waals surface area contributed by atoms with E-state index in [1.165, 1.54) is 12.1 Å². The minimum absolute atomic E-state index is 0.221. The van der Waals surface area contributed by atoms with Crippen LogP contribution in [0, 0.1) is 12.7 Å². The molecule has 3 heterocycles. The molecule has 1 aliphatic heterocycles. The second-order valence-corrected chi connectivity index (χ2v) is 8.47. The molecule has 0 aliphatic carbocycles. The number of nitrogens with two attached hydrogens (primary N) is 1. The topological polar surface area (TPSA) is 83.8 Å². The largest absolute Gasteiger partial charge is 0.387 e. The summed E-state index contributed by atoms with van der Waals surface area (Å²) in [5.74, 6) is 0.632. The van der Waals surface area contributed by atoms with Crippen LogP contribution >= 0.6 is 23.8 Å². The SMILES string of the molecule is C/C(N)=N/C(=S)N1CCC(Nc2nc3c(-c4ccc(F)cc4Cl)cc(C)cn3n2)CC1. The summed E-state index contributed by atoms with van der Waals surface area (Å²) in [5.41, 5.74) is 8.81. The Hall–Kier alpha value is -2.78. The minimum Gasteiger partial charge on any atom is -0.387 e. The number of thiocarbonyl (C=S) groups is 1. The first-order chi connectivity index (χ1) is 14.8. The van der Waals surface area contributed by atoms with Gasteiger partial charge in [0, 0.05) is 36.5 Å². The Labute approximate surface area is 190 Å². The molecular weight excluding hydrogens is 437 g/mol. The summed E-state index contributed by atoms with van der Waals surface area (Å²) in [4.78, 5) is 10.9. The zero-order valence-electron chi connectivity index (χ0n) is 17.3. The van der Waals surface area contributed by atoms with Crippen molar-refractivity contribution in [2.75, 3.05) is 18.4 Å². The summed E-state index contributed by atoms with van der Waals surface area (Å²) in [6.07, 6.45) is 3.66. The average molecular weight is 460 g/mol. The number of halogens is 2. The molecule has 1 aromatic carbocycles. The van der Waals surface area contributed by atoms with Crippen molar-refractivity contribution in [3.05, 3.63) is 46.9 Å². The maximum absolute atomic E-state index is 13.5. The van der Waals surface area contributed by atoms with Crippen LogP contribution in [-0.2, 0) is 0 Å². The van der Waals surface area contributed by atoms with Gasteiger partial charge in [-0.25, -0.2) is 13.9 Å². The third kappa shape index (κ3) is 4.77. The fraction of sp³-hybridized carbons (Fsp3) is 0.333. The van der Waals surface area contributed by atoms with Crippen molar-refractivity contribution in [1.82, 2.24) is 19.5 Å². The molecule has 1 fully saturated rings. The molecule has 162 valence electrons. The maximum Gasteiger partial charge on any atom is 0.243 e. The highest BCUT2D eigenvalue weighted by Crippen LogP contribution is 2.32. The molecule has 0 amide bonds. The van der Waals surface area contributed by atoms with Gasteiger partial charge in [0.05, 0.1) is 10.9 Å². The molecule has 0 atom stereocenters. The number of aryl methyl sites for hydroxylation is 1. The minimum atomic E-state index is -0.376. The van der Waals surface area contributed by atoms with E-state index in [-0.39, 0.29) is 11.9 Å². The highest BCUT2D eigenvalue weighted by atomic mass is 35.5. The number of pyridine rings is 1. The molecule has 0 radical (unpaired) electrons. The number of anilines is 1. The van der Waals surface area contributed by atoms with Gasteiger partial charge in [-0.3, -0.25) is 0 Å². The van der Waals surface area contributed by atoms with Gasteiger partial charge >= 0.3 is 0 Å². The first-order valence-electron chi connectivity index (χ1n) is 9.99. The third-order valence-electron chi connectivity index (χ3n) is 5.16. The number of benzene rings is 1. The van der Waals surface area contributed by atoms with Gasteiger partial charge in [-0.05, 0) is 68.7 Å². The van der Waals surface area contributed by atoms with Gasteiger partial charge in [0.1, 0.15) is 5.82 Å². The van der Waals surface area contributed by atoms with Crippen molar-refractivity contribution in [1.29, 1.82) is 0 Å². The van der Waals surface area contributed by atoms with Gasteiger partial charge in [0.25, 0.3) is 0 Å². The molecule has 0 saturated carbocycles. The molecule has 31 heavy (non-hydrogen) atoms. The molecule has 1 saturated heterocycles. The predicted octanol–water partition coefficient (Wildman–Crippen LogP) is 4.04. The molecule has 0 spiro atoms. The van der Waals surface area contributed by atoms with Crippen molar-refractivity contribution < 1.29 is 4.39 Å². The Morgan fingerprint density at radius 2 is 2.03 bits per heavy atom. The summed E-state index contributed by atoms with van der Waals surface area (Å²) in [5, 5.41) is 8.89. The predicted molar refractivity (Wildman–Crippen MR) is 126 cm³/mol. The molecule has 4 rings (SSSR count). The van der Waals surface area contributed by atoms with Crippen LogP contribution < -0.4 is 11.1 Å². The van der Waals surface area contributed by atoms with E-state index in [9.17, 15) is 4.39 Å². The highest BCUT2D eigenvalue weighted by molar-refractivity contribution is 7.80. The Balaban J connectivity index is 1.54. The van der Waals surface area contributed by atoms with Gasteiger partial charge in [-0.2, -0.15) is 4.98 Å². The maximum atomic E-state index is 13.5. The first kappa shape index (κ1) is 21.5. The van der Waals surface area contributed by atoms with Crippen LogP contribution in [0.2, 0.25) is 5.02 Å². The number of aliphatic imine (C=N–C) groups is 1. The first-order valence-corrected chi connectivity index (χ1v) is 10.8. The standard InChI is InChI=1S/C21H23ClFN7S/c1-12-9-17(16-4-3-14(23)10-18(16)22)19-27-20(28-30(19)11-12)26-15-5-7-29(8-6-15)21(31)25-13(2)24/h3-4,9-11,15H,5-8H2,1-2H3,(H,26,28)(H2,24,25,31). The summed E-state index contributed by atoms with van der Waals surface area (Å²) in [7, 11) is 0. The van der Waals surface area contributed by atoms with Gasteiger partial charge < -0.3 is 16.0 Å². The van der Waals surface area contributed by atoms with Crippen LogP contribution in [0.4, 0.5) is 10.3 Å². The van der Waals surface area contributed by atoms with Crippen LogP contribution in [0.5, 0.6) is 0 Å². The van der Waals surface area contributed by atoms with E-state index in [0.717, 1.165) is 37.1 Å². The van der Waals surface area contributed by atoms with E-state index < -0.39 is 0 Å². The average Bonchev–Trinajstić information content (AvgIpc) is 3.09. The normalized spacial score (nSPS) is 15.5. The number of fused-ring (bicyclic) bond motifs is 1. The lowest BCUT2D eigenvalue weighted by Crippen LogP contribution is -2.41. The summed E-state index contributed by atoms with van der Waals surface area (Å²) >= 11 is 11.6. The van der Waals surface area contributed by atoms with Crippen molar-refractivity contribution in [3.8, 4) is 11.1 Å². The monoisotopic (exact) mass is 459 g/mol. The number of likely N-dealkylation sites (tertiary alicyclic amines) is 1. The number of rotatable bonds is 3. The van der Waals surface area contributed by atoms with Gasteiger partial charge in [-0.15, -0.1) is 5.10 Å². The lowest BCUT2D eigenvalue weighted by molar-refractivity contribution is 0.325. The van der Waals surface area contributed by atoms with E-state index in [2.05, 4.69) is 20.3 Å². The molecule has 2 aromatic heterocycles. The molecule has 3 N–H and O–H groups in total. The third-order valence-corrected chi connectivity index (χ3v) is 5.82. The fourth-order valence-electron chi connectivity index (χ4n) is 3.71. The quantitative estimate of drug-likeness (QED) is 0.349. The van der Waals surface area contributed by atoms with E-state index in [1.807, 2.05) is 19.2 Å². The highest BCUT2D eigenvalue weighted by Gasteiger charge is 2.22. The van der Waals surface area contributed by atoms with Crippen LogP contribution in [-0.4, -0.2) is 49.6 Å². The Kier molecular flexibility index (Phi) is 6.06. The Morgan fingerprint density at radius 1 is 1.29 bits per heavy atom. The zero-order valence-corrected chi connectivity index (χ0v) is 18.8. The summed E-state index contributed by atoms with van der Waals surface area (Å²) in [6, 6.07) is 6.56. The fourth-order valence-corrected chi connectivity index (χ4v) is 4.30. The Bertz CT molecular complexity index is 1160. The lowest BCUT2D eigenvalue weighted by Gasteiger charge is -2.32. The van der Waals surface area contributed by atoms with Crippen LogP contribution in [0.3, 0.4) is 0 Å². The second kappa shape index (κ2) is 8.76. The smallest absolute Gasteiger partial charge is 0.243 e. The second-order valence-electron chi connectivity index (χ2n) is 7.70. The number of aromatic nitrogens is 3. The van der Waals surface area contributed by atoms with Gasteiger partial charge in [0.2, 0.25) is 5.95 Å². The van der Waals surface area contributed by atoms with E-state index >= 15 is 0 Å². The molecule has 3 aromatic rings. The lowest BCUT2D eigenvalue weighted by atomic mass is 10.1. The van der Waals surface area contributed by atoms with E-state index in [1.54, 1.807) is 17.5 Å². The number of nitrogens with zero attached hydrogens (tertiary/aromatic N) is 5. The molecule has 0 bridgehead atoms. The Morgan fingerprint density at radius 3 is 2.71 bits per heavy atom. The van der Waals surface area contributed by atoms with Crippen molar-refractivity contribution >= 4 is 46.4 Å². The number of amidine groups is 1. The number of hydrogen-bond donors (Lipinski definition) is 2. The van der Waals surface area contributed by atoms with Crippen molar-refractivity contribution in [2.45, 2.75) is 32.7 Å². The van der Waals surface area contributed by atoms with Crippen LogP contribution in [0.25, 0.3) is 16.8 Å². The van der Waals surface area contributed by atoms with E-state index in [0.29, 0.717) is 33.1 Å². The number of hydrogen-bond acceptors (Lipinski definition) is 4. The number of nitrogens with one attached hydrogen (secondary N) is 1. The summed E-state index contributed by atoms with van der Waals surface area (Å²) in [6.45, 7) is 5.27.